The van der Waals surface area contributed by atoms with E-state index < -0.39 is 14.2 Å². The van der Waals surface area contributed by atoms with Crippen molar-refractivity contribution in [1.82, 2.24) is 0 Å². The second-order valence-electron chi connectivity index (χ2n) is 4.63. The van der Waals surface area contributed by atoms with Gasteiger partial charge in [0.05, 0.1) is 27.6 Å². The molecule has 0 saturated carbocycles. The van der Waals surface area contributed by atoms with E-state index in [-0.39, 0.29) is 19.6 Å². The first kappa shape index (κ1) is 17.2. The van der Waals surface area contributed by atoms with Crippen LogP contribution < -0.4 is 0 Å². The van der Waals surface area contributed by atoms with Gasteiger partial charge in [0.1, 0.15) is 19.8 Å². The fourth-order valence-electron chi connectivity index (χ4n) is 0.854. The van der Waals surface area contributed by atoms with Crippen LogP contribution in [-0.2, 0) is 23.1 Å². The second-order valence-corrected chi connectivity index (χ2v) is 5.59. The predicted molar refractivity (Wildman–Crippen MR) is 68.2 cm³/mol. The highest BCUT2D eigenvalue weighted by Gasteiger charge is 2.22. The maximum absolute atomic E-state index is 11.3. The molecule has 6 nitrogen and oxygen atoms in total. The number of carbonyl (C=O) groups excluding carboxylic acids is 1. The van der Waals surface area contributed by atoms with Gasteiger partial charge in [-0.1, -0.05) is 12.7 Å². The molecule has 0 aliphatic carbocycles. The van der Waals surface area contributed by atoms with Crippen LogP contribution >= 0.6 is 8.25 Å². The molecule has 104 valence electrons. The van der Waals surface area contributed by atoms with Gasteiger partial charge < -0.3 is 9.22 Å². The van der Waals surface area contributed by atoms with Gasteiger partial charge in [-0.25, -0.2) is 0 Å². The minimum absolute atomic E-state index is 0.0234. The molecule has 0 amide bonds. The van der Waals surface area contributed by atoms with Crippen molar-refractivity contribution < 1.29 is 27.6 Å². The van der Waals surface area contributed by atoms with Crippen LogP contribution in [0, 0.1) is 0 Å². The zero-order valence-corrected chi connectivity index (χ0v) is 12.2. The predicted octanol–water partition coefficient (Wildman–Crippen LogP) is 1.50. The summed E-state index contributed by atoms with van der Waals surface area (Å²) >= 11 is 0. The summed E-state index contributed by atoms with van der Waals surface area (Å²) in [4.78, 5) is 11.0. The maximum atomic E-state index is 11.3. The molecule has 0 aliphatic heterocycles. The van der Waals surface area contributed by atoms with Crippen LogP contribution in [0.1, 0.15) is 6.42 Å². The summed E-state index contributed by atoms with van der Waals surface area (Å²) < 4.78 is 26.5. The SMILES string of the molecule is C=CCOC(=O)CCO[P+](=O)OCC[N+](C)(C)C. The summed E-state index contributed by atoms with van der Waals surface area (Å²) in [5.74, 6) is -0.412. The van der Waals surface area contributed by atoms with Crippen molar-refractivity contribution in [3.63, 3.8) is 0 Å². The van der Waals surface area contributed by atoms with Crippen LogP contribution in [-0.4, -0.2) is 58.0 Å². The quantitative estimate of drug-likeness (QED) is 0.262. The highest BCUT2D eigenvalue weighted by molar-refractivity contribution is 7.33. The van der Waals surface area contributed by atoms with Gasteiger partial charge in [-0.3, -0.25) is 4.79 Å². The van der Waals surface area contributed by atoms with Crippen molar-refractivity contribution in [2.24, 2.45) is 0 Å². The Bertz CT molecular complexity index is 288. The largest absolute Gasteiger partial charge is 0.697 e. The Morgan fingerprint density at radius 2 is 1.89 bits per heavy atom. The highest BCUT2D eigenvalue weighted by Crippen LogP contribution is 2.23. The van der Waals surface area contributed by atoms with Crippen LogP contribution in [0.4, 0.5) is 0 Å². The maximum Gasteiger partial charge on any atom is 0.697 e. The minimum Gasteiger partial charge on any atom is -0.461 e. The molecule has 0 bridgehead atoms. The standard InChI is InChI=1S/C11H22NO5P/c1-5-8-15-11(13)6-9-16-18(14)17-10-7-12(2,3)4/h5H,1,6-10H2,2-4H3/q+2. The van der Waals surface area contributed by atoms with Gasteiger partial charge in [0.25, 0.3) is 0 Å². The van der Waals surface area contributed by atoms with Crippen molar-refractivity contribution in [3.8, 4) is 0 Å². The Morgan fingerprint density at radius 3 is 2.44 bits per heavy atom. The van der Waals surface area contributed by atoms with E-state index >= 15 is 0 Å². The molecule has 0 heterocycles. The Kier molecular flexibility index (Phi) is 8.75. The highest BCUT2D eigenvalue weighted by atomic mass is 31.1. The number of hydrogen-bond acceptors (Lipinski definition) is 5. The first-order valence-corrected chi connectivity index (χ1v) is 6.75. The fourth-order valence-corrected chi connectivity index (χ4v) is 1.40. The summed E-state index contributed by atoms with van der Waals surface area (Å²) in [7, 11) is 3.86. The fraction of sp³-hybridized carbons (Fsp3) is 0.727. The van der Waals surface area contributed by atoms with Crippen LogP contribution in [0.5, 0.6) is 0 Å². The summed E-state index contributed by atoms with van der Waals surface area (Å²) in [5, 5.41) is 0. The minimum atomic E-state index is -2.17. The molecule has 1 atom stereocenters. The average molecular weight is 279 g/mol. The van der Waals surface area contributed by atoms with Crippen molar-refractivity contribution in [3.05, 3.63) is 12.7 Å². The number of quaternary nitrogens is 1. The molecule has 0 fully saturated rings. The summed E-state index contributed by atoms with van der Waals surface area (Å²) in [6, 6.07) is 0. The van der Waals surface area contributed by atoms with E-state index in [0.717, 1.165) is 11.0 Å². The molecule has 0 aromatic heterocycles. The Morgan fingerprint density at radius 1 is 1.28 bits per heavy atom. The molecule has 0 N–H and O–H groups in total. The molecular weight excluding hydrogens is 257 g/mol. The molecular formula is C11H22NO5P+2. The first-order chi connectivity index (χ1) is 8.35. The molecule has 0 saturated heterocycles. The van der Waals surface area contributed by atoms with Crippen LogP contribution in [0.2, 0.25) is 0 Å². The van der Waals surface area contributed by atoms with E-state index in [0.29, 0.717) is 6.61 Å². The second kappa shape index (κ2) is 9.16. The van der Waals surface area contributed by atoms with Gasteiger partial charge in [0.15, 0.2) is 6.61 Å². The van der Waals surface area contributed by atoms with Crippen molar-refractivity contribution in [2.45, 2.75) is 6.42 Å². The third kappa shape index (κ3) is 11.7. The van der Waals surface area contributed by atoms with E-state index in [2.05, 4.69) is 6.58 Å². The lowest BCUT2D eigenvalue weighted by atomic mass is 10.5. The zero-order chi connectivity index (χ0) is 14.0. The topological polar surface area (TPSA) is 61.8 Å². The Hall–Kier alpha value is -0.810. The first-order valence-electron chi connectivity index (χ1n) is 5.65. The molecule has 0 radical (unpaired) electrons. The number of likely N-dealkylation sites (N-methyl/N-ethyl adjacent to an activating group) is 1. The summed E-state index contributed by atoms with van der Waals surface area (Å²) in [6.45, 7) is 4.69. The van der Waals surface area contributed by atoms with Crippen molar-refractivity contribution in [1.29, 1.82) is 0 Å². The van der Waals surface area contributed by atoms with Crippen molar-refractivity contribution >= 4 is 14.2 Å². The lowest BCUT2D eigenvalue weighted by Gasteiger charge is -2.21. The molecule has 0 aromatic rings. The van der Waals surface area contributed by atoms with E-state index in [1.54, 1.807) is 0 Å². The van der Waals surface area contributed by atoms with E-state index in [4.69, 9.17) is 13.8 Å². The lowest BCUT2D eigenvalue weighted by Crippen LogP contribution is -2.37. The smallest absolute Gasteiger partial charge is 0.461 e. The number of hydrogen-bond donors (Lipinski definition) is 0. The van der Waals surface area contributed by atoms with Crippen LogP contribution in [0.25, 0.3) is 0 Å². The van der Waals surface area contributed by atoms with Gasteiger partial charge in [-0.2, -0.15) is 0 Å². The molecule has 0 aliphatic rings. The van der Waals surface area contributed by atoms with E-state index in [1.807, 2.05) is 21.1 Å². The van der Waals surface area contributed by atoms with Gasteiger partial charge in [-0.05, 0) is 0 Å². The van der Waals surface area contributed by atoms with E-state index in [1.165, 1.54) is 6.08 Å². The average Bonchev–Trinajstić information content (AvgIpc) is 2.24. The number of esters is 1. The third-order valence-electron chi connectivity index (χ3n) is 1.82. The molecule has 1 unspecified atom stereocenters. The monoisotopic (exact) mass is 279 g/mol. The third-order valence-corrected chi connectivity index (χ3v) is 2.61. The zero-order valence-electron chi connectivity index (χ0n) is 11.3. The van der Waals surface area contributed by atoms with Gasteiger partial charge in [0, 0.05) is 4.57 Å². The number of ether oxygens (including phenoxy) is 1. The van der Waals surface area contributed by atoms with Gasteiger partial charge >= 0.3 is 14.2 Å². The Balaban J connectivity index is 3.53. The Labute approximate surface area is 109 Å². The lowest BCUT2D eigenvalue weighted by molar-refractivity contribution is -0.870. The summed E-state index contributed by atoms with van der Waals surface area (Å²) in [6.07, 6.45) is 1.53. The molecule has 0 aromatic carbocycles. The number of nitrogens with zero attached hydrogens (tertiary/aromatic N) is 1. The van der Waals surface area contributed by atoms with Gasteiger partial charge in [0.2, 0.25) is 0 Å². The van der Waals surface area contributed by atoms with E-state index in [9.17, 15) is 9.36 Å². The molecule has 0 rings (SSSR count). The molecule has 7 heteroatoms. The van der Waals surface area contributed by atoms with Crippen LogP contribution in [0.15, 0.2) is 12.7 Å². The number of rotatable bonds is 10. The molecule has 0 spiro atoms. The molecule has 18 heavy (non-hydrogen) atoms. The van der Waals surface area contributed by atoms with Crippen molar-refractivity contribution in [2.75, 3.05) is 47.5 Å². The van der Waals surface area contributed by atoms with Crippen LogP contribution in [0.3, 0.4) is 0 Å². The van der Waals surface area contributed by atoms with Gasteiger partial charge in [-0.15, -0.1) is 9.05 Å². The summed E-state index contributed by atoms with van der Waals surface area (Å²) in [5.41, 5.74) is 0. The normalized spacial score (nSPS) is 12.1. The number of carbonyl (C=O) groups is 1.